The second-order valence-electron chi connectivity index (χ2n) is 5.04. The van der Waals surface area contributed by atoms with E-state index in [1.807, 2.05) is 6.92 Å². The van der Waals surface area contributed by atoms with Gasteiger partial charge in [-0.1, -0.05) is 11.6 Å². The average molecular weight is 513 g/mol. The zero-order valence-electron chi connectivity index (χ0n) is 14.2. The van der Waals surface area contributed by atoms with Gasteiger partial charge in [-0.25, -0.2) is 0 Å². The summed E-state index contributed by atoms with van der Waals surface area (Å²) < 4.78 is 5.65. The molecule has 0 saturated heterocycles. The zero-order valence-corrected chi connectivity index (χ0v) is 18.1. The van der Waals surface area contributed by atoms with E-state index in [1.54, 1.807) is 24.3 Å². The lowest BCUT2D eigenvalue weighted by molar-refractivity contribution is 0.0926. The molecular formula is C16H22ClIN4O3S. The van der Waals surface area contributed by atoms with Crippen LogP contribution in [0.3, 0.4) is 0 Å². The number of rotatable bonds is 8. The molecule has 0 aliphatic heterocycles. The Bertz CT molecular complexity index is 693. The number of nitrogens with one attached hydrogen (secondary N) is 3. The van der Waals surface area contributed by atoms with E-state index in [2.05, 4.69) is 20.9 Å². The van der Waals surface area contributed by atoms with Crippen LogP contribution >= 0.6 is 46.9 Å². The maximum Gasteiger partial charge on any atom is 0.287 e. The van der Waals surface area contributed by atoms with E-state index in [0.717, 1.165) is 4.88 Å². The van der Waals surface area contributed by atoms with E-state index in [1.165, 1.54) is 17.6 Å². The lowest BCUT2D eigenvalue weighted by atomic mass is 10.3. The zero-order chi connectivity index (χ0) is 18.1. The minimum absolute atomic E-state index is 0. The van der Waals surface area contributed by atoms with Crippen molar-refractivity contribution < 1.29 is 14.3 Å². The van der Waals surface area contributed by atoms with Gasteiger partial charge in [0.2, 0.25) is 0 Å². The fourth-order valence-corrected chi connectivity index (χ4v) is 3.01. The maximum absolute atomic E-state index is 11.7. The molecule has 1 atom stereocenters. The fraction of sp³-hybridized carbons (Fsp3) is 0.375. The second kappa shape index (κ2) is 12.2. The van der Waals surface area contributed by atoms with Gasteiger partial charge in [-0.05, 0) is 31.2 Å². The normalized spacial score (nSPS) is 12.2. The summed E-state index contributed by atoms with van der Waals surface area (Å²) in [6, 6.07) is 6.80. The number of aliphatic hydroxyl groups is 1. The number of thiophene rings is 1. The third-order valence-electron chi connectivity index (χ3n) is 3.14. The number of halogens is 2. The molecule has 10 heteroatoms. The Balaban J connectivity index is 0.00000338. The molecule has 0 aliphatic carbocycles. The summed E-state index contributed by atoms with van der Waals surface area (Å²) in [6.07, 6.45) is 0.751. The molecule has 0 aliphatic rings. The van der Waals surface area contributed by atoms with Gasteiger partial charge in [-0.15, -0.1) is 35.3 Å². The molecule has 1 amide bonds. The largest absolute Gasteiger partial charge is 0.459 e. The number of nitrogens with zero attached hydrogens (tertiary/aromatic N) is 1. The molecule has 0 saturated carbocycles. The van der Waals surface area contributed by atoms with Crippen molar-refractivity contribution in [3.63, 3.8) is 0 Å². The number of amides is 1. The summed E-state index contributed by atoms with van der Waals surface area (Å²) in [5, 5.41) is 19.0. The Morgan fingerprint density at radius 3 is 2.69 bits per heavy atom. The van der Waals surface area contributed by atoms with E-state index in [0.29, 0.717) is 29.9 Å². The Morgan fingerprint density at radius 2 is 2.08 bits per heavy atom. The Kier molecular flexibility index (Phi) is 10.6. The summed E-state index contributed by atoms with van der Waals surface area (Å²) in [6.45, 7) is 3.74. The fourth-order valence-electron chi connectivity index (χ4n) is 1.97. The van der Waals surface area contributed by atoms with Crippen LogP contribution < -0.4 is 16.0 Å². The van der Waals surface area contributed by atoms with Crippen LogP contribution in [0.5, 0.6) is 0 Å². The highest BCUT2D eigenvalue weighted by molar-refractivity contribution is 14.0. The minimum atomic E-state index is -0.702. The summed E-state index contributed by atoms with van der Waals surface area (Å²) >= 11 is 7.20. The van der Waals surface area contributed by atoms with Gasteiger partial charge in [0, 0.05) is 24.5 Å². The average Bonchev–Trinajstić information content (AvgIpc) is 3.27. The van der Waals surface area contributed by atoms with E-state index < -0.39 is 6.10 Å². The number of hydrogen-bond donors (Lipinski definition) is 4. The molecule has 2 heterocycles. The molecule has 4 N–H and O–H groups in total. The van der Waals surface area contributed by atoms with Crippen molar-refractivity contribution in [2.45, 2.75) is 13.0 Å². The van der Waals surface area contributed by atoms with Crippen LogP contribution in [0.1, 0.15) is 28.5 Å². The number of aliphatic imine (C=N–C) groups is 1. The van der Waals surface area contributed by atoms with Crippen molar-refractivity contribution in [1.29, 1.82) is 0 Å². The lowest BCUT2D eigenvalue weighted by Crippen LogP contribution is -2.41. The number of guanidine groups is 1. The van der Waals surface area contributed by atoms with Crippen molar-refractivity contribution >= 4 is 58.8 Å². The van der Waals surface area contributed by atoms with Crippen LogP contribution in [0.25, 0.3) is 0 Å². The summed E-state index contributed by atoms with van der Waals surface area (Å²) in [5.74, 6) is 0.577. The lowest BCUT2D eigenvalue weighted by Gasteiger charge is -2.12. The topological polar surface area (TPSA) is 98.9 Å². The standard InChI is InChI=1S/C16H21ClN4O3S.HI/c1-2-18-16(21-10-11(22)13-5-6-14(17)25-13)20-8-7-19-15(23)12-4-3-9-24-12;/h3-6,9,11,22H,2,7-8,10H2,1H3,(H,19,23)(H2,18,20,21);1H. The highest BCUT2D eigenvalue weighted by Gasteiger charge is 2.10. The molecule has 2 aromatic heterocycles. The molecule has 2 rings (SSSR count). The smallest absolute Gasteiger partial charge is 0.287 e. The van der Waals surface area contributed by atoms with Gasteiger partial charge in [0.1, 0.15) is 6.10 Å². The minimum Gasteiger partial charge on any atom is -0.459 e. The van der Waals surface area contributed by atoms with Gasteiger partial charge < -0.3 is 25.5 Å². The van der Waals surface area contributed by atoms with Crippen LogP contribution in [0.15, 0.2) is 39.9 Å². The van der Waals surface area contributed by atoms with E-state index in [-0.39, 0.29) is 42.2 Å². The van der Waals surface area contributed by atoms with Crippen molar-refractivity contribution in [3.05, 3.63) is 45.5 Å². The molecule has 0 bridgehead atoms. The molecule has 26 heavy (non-hydrogen) atoms. The van der Waals surface area contributed by atoms with Crippen LogP contribution in [-0.4, -0.2) is 43.2 Å². The van der Waals surface area contributed by atoms with E-state index >= 15 is 0 Å². The Labute approximate surface area is 178 Å². The van der Waals surface area contributed by atoms with Crippen LogP contribution in [0.4, 0.5) is 0 Å². The quantitative estimate of drug-likeness (QED) is 0.189. The first-order chi connectivity index (χ1) is 12.1. The van der Waals surface area contributed by atoms with Crippen molar-refractivity contribution in [1.82, 2.24) is 16.0 Å². The molecule has 0 aromatic carbocycles. The Morgan fingerprint density at radius 1 is 1.31 bits per heavy atom. The van der Waals surface area contributed by atoms with Gasteiger partial charge in [-0.2, -0.15) is 0 Å². The molecule has 0 spiro atoms. The maximum atomic E-state index is 11.7. The first-order valence-corrected chi connectivity index (χ1v) is 9.06. The number of aliphatic hydroxyl groups excluding tert-OH is 1. The Hall–Kier alpha value is -1.30. The highest BCUT2D eigenvalue weighted by Crippen LogP contribution is 2.26. The first kappa shape index (κ1) is 22.7. The highest BCUT2D eigenvalue weighted by atomic mass is 127. The molecule has 7 nitrogen and oxygen atoms in total. The number of carbonyl (C=O) groups is 1. The first-order valence-electron chi connectivity index (χ1n) is 7.87. The third-order valence-corrected chi connectivity index (χ3v) is 4.47. The predicted octanol–water partition coefficient (Wildman–Crippen LogP) is 2.63. The molecule has 1 unspecified atom stereocenters. The van der Waals surface area contributed by atoms with Gasteiger partial charge in [0.25, 0.3) is 5.91 Å². The van der Waals surface area contributed by atoms with Gasteiger partial charge in [0.15, 0.2) is 11.7 Å². The van der Waals surface area contributed by atoms with Crippen LogP contribution in [0.2, 0.25) is 4.34 Å². The van der Waals surface area contributed by atoms with Crippen LogP contribution in [-0.2, 0) is 0 Å². The van der Waals surface area contributed by atoms with E-state index in [9.17, 15) is 9.90 Å². The third kappa shape index (κ3) is 7.52. The monoisotopic (exact) mass is 512 g/mol. The van der Waals surface area contributed by atoms with Crippen molar-refractivity contribution in [2.24, 2.45) is 4.99 Å². The number of hydrogen-bond acceptors (Lipinski definition) is 5. The van der Waals surface area contributed by atoms with Gasteiger partial charge in [0.05, 0.1) is 17.1 Å². The number of furan rings is 1. The summed E-state index contributed by atoms with van der Waals surface area (Å²) in [5.41, 5.74) is 0. The molecule has 144 valence electrons. The van der Waals surface area contributed by atoms with Gasteiger partial charge >= 0.3 is 0 Å². The summed E-state index contributed by atoms with van der Waals surface area (Å²) in [4.78, 5) is 16.8. The summed E-state index contributed by atoms with van der Waals surface area (Å²) in [7, 11) is 0. The van der Waals surface area contributed by atoms with Gasteiger partial charge in [-0.3, -0.25) is 9.79 Å². The predicted molar refractivity (Wildman–Crippen MR) is 115 cm³/mol. The molecule has 0 radical (unpaired) electrons. The van der Waals surface area contributed by atoms with Crippen LogP contribution in [0, 0.1) is 0 Å². The molecular weight excluding hydrogens is 491 g/mol. The SMILES string of the molecule is CCNC(=NCC(O)c1ccc(Cl)s1)NCCNC(=O)c1ccco1.I. The molecule has 2 aromatic rings. The molecule has 0 fully saturated rings. The second-order valence-corrected chi connectivity index (χ2v) is 6.78. The number of carbonyl (C=O) groups excluding carboxylic acids is 1. The van der Waals surface area contributed by atoms with Crippen molar-refractivity contribution in [3.8, 4) is 0 Å². The van der Waals surface area contributed by atoms with Crippen molar-refractivity contribution in [2.75, 3.05) is 26.2 Å². The van der Waals surface area contributed by atoms with E-state index in [4.69, 9.17) is 16.0 Å².